The molecule has 5 rings (SSSR count). The van der Waals surface area contributed by atoms with Crippen LogP contribution in [-0.4, -0.2) is 50.6 Å². The monoisotopic (exact) mass is 609 g/mol. The van der Waals surface area contributed by atoms with E-state index in [1.165, 1.54) is 11.9 Å². The number of thiophene rings is 1. The highest BCUT2D eigenvalue weighted by molar-refractivity contribution is 7.18. The number of carbonyl (C=O) groups is 1. The van der Waals surface area contributed by atoms with E-state index in [0.29, 0.717) is 46.8 Å². The molecule has 1 aliphatic heterocycles. The summed E-state index contributed by atoms with van der Waals surface area (Å²) in [6.45, 7) is 10.9. The molecule has 43 heavy (non-hydrogen) atoms. The molecular weight excluding hydrogens is 575 g/mol. The van der Waals surface area contributed by atoms with Crippen LogP contribution in [0.25, 0.3) is 21.1 Å². The molecule has 1 aliphatic rings. The minimum absolute atomic E-state index is 0.0737. The van der Waals surface area contributed by atoms with Gasteiger partial charge in [0.25, 0.3) is 0 Å². The first-order chi connectivity index (χ1) is 20.5. The van der Waals surface area contributed by atoms with Gasteiger partial charge in [-0.2, -0.15) is 18.4 Å². The van der Waals surface area contributed by atoms with E-state index in [-0.39, 0.29) is 16.8 Å². The molecule has 0 bridgehead atoms. The third-order valence-corrected chi connectivity index (χ3v) is 8.98. The molecule has 1 aromatic carbocycles. The van der Waals surface area contributed by atoms with Crippen molar-refractivity contribution in [2.75, 3.05) is 18.4 Å². The van der Waals surface area contributed by atoms with Gasteiger partial charge in [-0.05, 0) is 49.1 Å². The Morgan fingerprint density at radius 2 is 1.98 bits per heavy atom. The number of alkyl halides is 3. The average Bonchev–Trinajstić information content (AvgIpc) is 3.54. The first-order valence-corrected chi connectivity index (χ1v) is 15.1. The smallest absolute Gasteiger partial charge is 0.367 e. The van der Waals surface area contributed by atoms with Gasteiger partial charge in [-0.1, -0.05) is 19.6 Å². The van der Waals surface area contributed by atoms with Crippen molar-refractivity contribution in [1.29, 1.82) is 5.26 Å². The van der Waals surface area contributed by atoms with Crippen LogP contribution in [0.4, 0.5) is 19.0 Å². The summed E-state index contributed by atoms with van der Waals surface area (Å²) in [5.74, 6) is 0.513. The molecule has 0 atom stereocenters. The Bertz CT molecular complexity index is 1690. The largest absolute Gasteiger partial charge is 0.393 e. The zero-order valence-corrected chi connectivity index (χ0v) is 25.0. The van der Waals surface area contributed by atoms with Gasteiger partial charge in [-0.15, -0.1) is 11.3 Å². The lowest BCUT2D eigenvalue weighted by atomic mass is 10.0. The lowest BCUT2D eigenvalue weighted by Crippen LogP contribution is -2.39. The molecule has 0 spiro atoms. The van der Waals surface area contributed by atoms with Crippen LogP contribution < -0.4 is 10.6 Å². The predicted octanol–water partition coefficient (Wildman–Crippen LogP) is 6.44. The van der Waals surface area contributed by atoms with E-state index in [1.807, 2.05) is 10.6 Å². The van der Waals surface area contributed by atoms with Crippen molar-refractivity contribution in [3.63, 3.8) is 0 Å². The average molecular weight is 610 g/mol. The zero-order chi connectivity index (χ0) is 30.7. The van der Waals surface area contributed by atoms with Crippen LogP contribution >= 0.6 is 11.3 Å². The molecule has 1 saturated heterocycles. The number of fused-ring (bicyclic) bond motifs is 2. The number of nitrogens with one attached hydrogen (secondary N) is 2. The quantitative estimate of drug-likeness (QED) is 0.215. The van der Waals surface area contributed by atoms with E-state index in [1.54, 1.807) is 13.0 Å². The number of allylic oxidation sites excluding steroid dienone is 1. The van der Waals surface area contributed by atoms with Gasteiger partial charge >= 0.3 is 6.18 Å². The van der Waals surface area contributed by atoms with E-state index in [2.05, 4.69) is 57.2 Å². The standard InChI is InChI=1S/C31H34F3N7OS/c1-4-28(42)38-19(2)7-12-41-23(16-35)13-25-20(3)21(5-6-27(25)41)17-40-10-8-22(9-11-40)39-29-26-14-24(15-31(32,33)34)43-30(26)37-18-36-29/h5-6,13-14,18,22H,2,4,7-12,15,17H2,1,3H3,(H,38,42)(H,36,37,39). The number of piperidine rings is 1. The van der Waals surface area contributed by atoms with Crippen LogP contribution in [0.3, 0.4) is 0 Å². The maximum absolute atomic E-state index is 12.9. The lowest BCUT2D eigenvalue weighted by Gasteiger charge is -2.33. The number of hydrogen-bond donors (Lipinski definition) is 2. The van der Waals surface area contributed by atoms with E-state index in [9.17, 15) is 23.2 Å². The lowest BCUT2D eigenvalue weighted by molar-refractivity contribution is -0.126. The fourth-order valence-electron chi connectivity index (χ4n) is 5.60. The highest BCUT2D eigenvalue weighted by Crippen LogP contribution is 2.33. The molecule has 1 fully saturated rings. The summed E-state index contributed by atoms with van der Waals surface area (Å²) in [4.78, 5) is 23.4. The predicted molar refractivity (Wildman–Crippen MR) is 163 cm³/mol. The van der Waals surface area contributed by atoms with E-state index in [0.717, 1.165) is 60.3 Å². The van der Waals surface area contributed by atoms with Gasteiger partial charge in [0.15, 0.2) is 0 Å². The molecule has 0 aliphatic carbocycles. The topological polar surface area (TPSA) is 98.9 Å². The Morgan fingerprint density at radius 3 is 2.67 bits per heavy atom. The molecule has 0 unspecified atom stereocenters. The van der Waals surface area contributed by atoms with Crippen LogP contribution in [0.5, 0.6) is 0 Å². The van der Waals surface area contributed by atoms with E-state index < -0.39 is 12.6 Å². The van der Waals surface area contributed by atoms with Crippen LogP contribution in [0.15, 0.2) is 42.9 Å². The minimum Gasteiger partial charge on any atom is -0.367 e. The molecular formula is C31H34F3N7OS. The number of anilines is 1. The van der Waals surface area contributed by atoms with Crippen LogP contribution in [0.2, 0.25) is 0 Å². The number of amides is 1. The number of carbonyl (C=O) groups excluding carboxylic acids is 1. The molecule has 1 amide bonds. The molecule has 4 heterocycles. The second-order valence-corrected chi connectivity index (χ2v) is 12.1. The van der Waals surface area contributed by atoms with Crippen molar-refractivity contribution in [2.24, 2.45) is 0 Å². The van der Waals surface area contributed by atoms with Gasteiger partial charge in [0.05, 0.1) is 11.8 Å². The molecule has 226 valence electrons. The highest BCUT2D eigenvalue weighted by atomic mass is 32.1. The molecule has 0 saturated carbocycles. The molecule has 4 aromatic rings. The normalized spacial score (nSPS) is 14.7. The van der Waals surface area contributed by atoms with Crippen molar-refractivity contribution in [1.82, 2.24) is 24.8 Å². The fourth-order valence-corrected chi connectivity index (χ4v) is 6.62. The molecule has 0 radical (unpaired) electrons. The molecule has 12 heteroatoms. The summed E-state index contributed by atoms with van der Waals surface area (Å²) >= 11 is 1.06. The summed E-state index contributed by atoms with van der Waals surface area (Å²) in [6.07, 6.45) is -1.15. The Kier molecular flexibility index (Phi) is 9.03. The Morgan fingerprint density at radius 1 is 1.21 bits per heavy atom. The summed E-state index contributed by atoms with van der Waals surface area (Å²) < 4.78 is 40.7. The number of aryl methyl sites for hydroxylation is 2. The van der Waals surface area contributed by atoms with Gasteiger partial charge in [0.2, 0.25) is 5.91 Å². The number of hydrogen-bond acceptors (Lipinski definition) is 7. The number of aromatic nitrogens is 3. The van der Waals surface area contributed by atoms with Crippen molar-refractivity contribution in [3.05, 3.63) is 64.6 Å². The number of likely N-dealkylation sites (tertiary alicyclic amines) is 1. The number of nitriles is 1. The van der Waals surface area contributed by atoms with Gasteiger partial charge in [0.1, 0.15) is 28.7 Å². The van der Waals surface area contributed by atoms with Crippen molar-refractivity contribution >= 4 is 44.2 Å². The fraction of sp³-hybridized carbons (Fsp3) is 0.419. The van der Waals surface area contributed by atoms with Gasteiger partial charge < -0.3 is 15.2 Å². The second kappa shape index (κ2) is 12.7. The van der Waals surface area contributed by atoms with E-state index >= 15 is 0 Å². The minimum atomic E-state index is -4.26. The Balaban J connectivity index is 1.22. The second-order valence-electron chi connectivity index (χ2n) is 11.0. The van der Waals surface area contributed by atoms with Crippen molar-refractivity contribution in [3.8, 4) is 6.07 Å². The number of nitrogens with zero attached hydrogens (tertiary/aromatic N) is 5. The first-order valence-electron chi connectivity index (χ1n) is 14.3. The van der Waals surface area contributed by atoms with Gasteiger partial charge in [0, 0.05) is 66.5 Å². The zero-order valence-electron chi connectivity index (χ0n) is 24.2. The van der Waals surface area contributed by atoms with E-state index in [4.69, 9.17) is 0 Å². The number of halogens is 3. The Hall–Kier alpha value is -3.95. The van der Waals surface area contributed by atoms with Crippen LogP contribution in [0.1, 0.15) is 54.3 Å². The number of benzene rings is 1. The summed E-state index contributed by atoms with van der Waals surface area (Å²) in [7, 11) is 0. The molecule has 8 nitrogen and oxygen atoms in total. The van der Waals surface area contributed by atoms with Crippen molar-refractivity contribution < 1.29 is 18.0 Å². The summed E-state index contributed by atoms with van der Waals surface area (Å²) in [5.41, 5.74) is 4.54. The van der Waals surface area contributed by atoms with Crippen LogP contribution in [-0.2, 0) is 24.3 Å². The summed E-state index contributed by atoms with van der Waals surface area (Å²) in [5, 5.41) is 17.7. The molecule has 3 aromatic heterocycles. The SMILES string of the molecule is C=C(CCn1c(C#N)cc2c(C)c(CN3CCC(Nc4ncnc5sc(CC(F)(F)F)cc45)CC3)ccc21)NC(=O)CC. The first kappa shape index (κ1) is 30.5. The third kappa shape index (κ3) is 7.17. The molecule has 2 N–H and O–H groups in total. The third-order valence-electron chi connectivity index (χ3n) is 7.93. The van der Waals surface area contributed by atoms with Gasteiger partial charge in [-0.25, -0.2) is 9.97 Å². The summed E-state index contributed by atoms with van der Waals surface area (Å²) in [6, 6.07) is 10.1. The number of rotatable bonds is 10. The maximum Gasteiger partial charge on any atom is 0.393 e. The maximum atomic E-state index is 12.9. The van der Waals surface area contributed by atoms with Crippen LogP contribution in [0, 0.1) is 18.3 Å². The Labute approximate surface area is 252 Å². The van der Waals surface area contributed by atoms with Crippen molar-refractivity contribution in [2.45, 2.75) is 71.3 Å². The highest BCUT2D eigenvalue weighted by Gasteiger charge is 2.29. The van der Waals surface area contributed by atoms with Gasteiger partial charge in [-0.3, -0.25) is 9.69 Å².